The van der Waals surface area contributed by atoms with Crippen LogP contribution in [0.25, 0.3) is 0 Å². The van der Waals surface area contributed by atoms with Crippen molar-refractivity contribution in [2.75, 3.05) is 20.6 Å². The first kappa shape index (κ1) is 10.6. The Morgan fingerprint density at radius 1 is 1.55 bits per heavy atom. The lowest BCUT2D eigenvalue weighted by Gasteiger charge is -2.28. The van der Waals surface area contributed by atoms with Crippen molar-refractivity contribution in [3.8, 4) is 0 Å². The van der Waals surface area contributed by atoms with Crippen LogP contribution in [0.5, 0.6) is 0 Å². The summed E-state index contributed by atoms with van der Waals surface area (Å²) in [5.41, 5.74) is 0. The molecule has 0 radical (unpaired) electrons. The third-order valence-electron chi connectivity index (χ3n) is 2.11. The summed E-state index contributed by atoms with van der Waals surface area (Å²) >= 11 is 0. The molecule has 0 aromatic carbocycles. The fraction of sp³-hybridized carbons (Fsp3) is 0.778. The Kier molecular flexibility index (Phi) is 3.24. The van der Waals surface area contributed by atoms with Gasteiger partial charge in [0.1, 0.15) is 12.4 Å². The zero-order chi connectivity index (χ0) is 7.78. The first-order chi connectivity index (χ1) is 4.52. The lowest BCUT2D eigenvalue weighted by atomic mass is 10.4. The number of hydrogen-bond acceptors (Lipinski definition) is 0. The van der Waals surface area contributed by atoms with Gasteiger partial charge in [-0.2, -0.15) is 0 Å². The maximum Gasteiger partial charge on any atom is 0.147 e. The highest BCUT2D eigenvalue weighted by Crippen LogP contribution is 2.31. The van der Waals surface area contributed by atoms with Crippen molar-refractivity contribution >= 4 is 0 Å². The quantitative estimate of drug-likeness (QED) is 0.556. The molecule has 0 unspecified atom stereocenters. The Bertz CT molecular complexity index is 148. The van der Waals surface area contributed by atoms with Gasteiger partial charge in [-0.15, -0.1) is 0 Å². The molecule has 1 saturated carbocycles. The fourth-order valence-corrected chi connectivity index (χ4v) is 1.34. The van der Waals surface area contributed by atoms with Crippen molar-refractivity contribution in [1.82, 2.24) is 0 Å². The van der Waals surface area contributed by atoms with E-state index in [2.05, 4.69) is 20.7 Å². The molecule has 0 bridgehead atoms. The van der Waals surface area contributed by atoms with Crippen LogP contribution in [0.15, 0.2) is 12.4 Å². The highest BCUT2D eigenvalue weighted by atomic mass is 19.1. The van der Waals surface area contributed by atoms with Crippen LogP contribution in [0.3, 0.4) is 0 Å². The molecule has 0 aliphatic heterocycles. The highest BCUT2D eigenvalue weighted by Gasteiger charge is 2.38. The molecule has 0 spiro atoms. The molecule has 0 aromatic rings. The van der Waals surface area contributed by atoms with Crippen LogP contribution in [0, 0.1) is 0 Å². The summed E-state index contributed by atoms with van der Waals surface area (Å²) < 4.78 is 13.1. The van der Waals surface area contributed by atoms with Crippen LogP contribution >= 0.6 is 0 Å². The second-order valence-corrected chi connectivity index (χ2v) is 3.69. The Hall–Kier alpha value is -0.370. The number of hydrogen-bond donors (Lipinski definition) is 0. The van der Waals surface area contributed by atoms with Crippen LogP contribution in [-0.4, -0.2) is 31.2 Å². The maximum absolute atomic E-state index is 12.4. The zero-order valence-corrected chi connectivity index (χ0v) is 6.73. The molecule has 0 aromatic heterocycles. The van der Waals surface area contributed by atoms with Crippen LogP contribution in [-0.2, 0) is 0 Å². The van der Waals surface area contributed by atoms with E-state index in [0.717, 1.165) is 4.48 Å². The number of quaternary nitrogens is 1. The van der Waals surface area contributed by atoms with Gasteiger partial charge in [-0.3, -0.25) is 0 Å². The molecule has 1 aliphatic rings. The van der Waals surface area contributed by atoms with Gasteiger partial charge in [0.2, 0.25) is 0 Å². The summed E-state index contributed by atoms with van der Waals surface area (Å²) in [5, 5.41) is 0. The molecule has 0 N–H and O–H groups in total. The molecule has 66 valence electrons. The number of rotatable bonds is 3. The molecular weight excluding hydrogens is 141 g/mol. The third kappa shape index (κ3) is 3.02. The van der Waals surface area contributed by atoms with Gasteiger partial charge in [0, 0.05) is 12.8 Å². The van der Waals surface area contributed by atoms with Gasteiger partial charge < -0.3 is 4.48 Å². The molecule has 1 nitrogen and oxygen atoms in total. The molecule has 2 heteroatoms. The summed E-state index contributed by atoms with van der Waals surface area (Å²) in [6, 6.07) is 0.687. The predicted molar refractivity (Wildman–Crippen MR) is 47.0 cm³/mol. The van der Waals surface area contributed by atoms with E-state index in [4.69, 9.17) is 0 Å². The Balaban J connectivity index is 0.000001000. The SMILES string of the molecule is C.C=C(F)C[N+](C)(C)C1CC1. The normalized spacial score (nSPS) is 17.4. The van der Waals surface area contributed by atoms with E-state index in [0.29, 0.717) is 12.6 Å². The molecule has 11 heavy (non-hydrogen) atoms. The van der Waals surface area contributed by atoms with Crippen molar-refractivity contribution in [3.63, 3.8) is 0 Å². The van der Waals surface area contributed by atoms with Crippen molar-refractivity contribution in [3.05, 3.63) is 12.4 Å². The van der Waals surface area contributed by atoms with Crippen molar-refractivity contribution in [2.24, 2.45) is 0 Å². The lowest BCUT2D eigenvalue weighted by Crippen LogP contribution is -2.42. The average Bonchev–Trinajstić information content (AvgIpc) is 2.35. The smallest absolute Gasteiger partial charge is 0.147 e. The Morgan fingerprint density at radius 3 is 2.27 bits per heavy atom. The molecule has 0 atom stereocenters. The molecule has 0 amide bonds. The van der Waals surface area contributed by atoms with Gasteiger partial charge in [0.25, 0.3) is 0 Å². The summed E-state index contributed by atoms with van der Waals surface area (Å²) in [7, 11) is 4.12. The van der Waals surface area contributed by atoms with Crippen LogP contribution in [0.4, 0.5) is 4.39 Å². The predicted octanol–water partition coefficient (Wildman–Crippen LogP) is 2.34. The number of nitrogens with zero attached hydrogens (tertiary/aromatic N) is 1. The minimum absolute atomic E-state index is 0. The molecule has 1 fully saturated rings. The minimum Gasteiger partial charge on any atom is -0.320 e. The maximum atomic E-state index is 12.4. The van der Waals surface area contributed by atoms with Gasteiger partial charge >= 0.3 is 0 Å². The molecule has 0 heterocycles. The van der Waals surface area contributed by atoms with Gasteiger partial charge in [-0.05, 0) is 0 Å². The Labute approximate surface area is 69.1 Å². The highest BCUT2D eigenvalue weighted by molar-refractivity contribution is 4.83. The largest absolute Gasteiger partial charge is 0.320 e. The van der Waals surface area contributed by atoms with Crippen molar-refractivity contribution < 1.29 is 8.87 Å². The van der Waals surface area contributed by atoms with E-state index in [1.54, 1.807) is 0 Å². The first-order valence-electron chi connectivity index (χ1n) is 3.68. The van der Waals surface area contributed by atoms with Crippen molar-refractivity contribution in [1.29, 1.82) is 0 Å². The lowest BCUT2D eigenvalue weighted by molar-refractivity contribution is -0.897. The monoisotopic (exact) mass is 160 g/mol. The summed E-state index contributed by atoms with van der Waals surface area (Å²) in [5.74, 6) is -0.197. The second kappa shape index (κ2) is 3.35. The number of halogens is 1. The summed E-state index contributed by atoms with van der Waals surface area (Å²) in [6.07, 6.45) is 2.50. The van der Waals surface area contributed by atoms with E-state index in [1.165, 1.54) is 12.8 Å². The number of likely N-dealkylation sites (N-methyl/N-ethyl adjacent to an activating group) is 1. The van der Waals surface area contributed by atoms with Gasteiger partial charge in [-0.25, -0.2) is 4.39 Å². The summed E-state index contributed by atoms with van der Waals surface area (Å²) in [6.45, 7) is 3.75. The van der Waals surface area contributed by atoms with Crippen LogP contribution in [0.1, 0.15) is 20.3 Å². The van der Waals surface area contributed by atoms with Crippen LogP contribution in [0.2, 0.25) is 0 Å². The third-order valence-corrected chi connectivity index (χ3v) is 2.11. The minimum atomic E-state index is -0.197. The standard InChI is InChI=1S/C8H15FN.CH4/c1-7(9)6-10(2,3)8-4-5-8;/h8H,1,4-6H2,2-3H3;1H4/q+1;. The topological polar surface area (TPSA) is 0 Å². The first-order valence-corrected chi connectivity index (χ1v) is 3.68. The van der Waals surface area contributed by atoms with E-state index >= 15 is 0 Å². The van der Waals surface area contributed by atoms with Crippen molar-refractivity contribution in [2.45, 2.75) is 26.3 Å². The van der Waals surface area contributed by atoms with E-state index in [9.17, 15) is 4.39 Å². The average molecular weight is 160 g/mol. The van der Waals surface area contributed by atoms with E-state index in [-0.39, 0.29) is 13.3 Å². The van der Waals surface area contributed by atoms with Gasteiger partial charge in [0.15, 0.2) is 0 Å². The molecule has 1 aliphatic carbocycles. The Morgan fingerprint density at radius 2 is 2.00 bits per heavy atom. The molecule has 0 saturated heterocycles. The zero-order valence-electron chi connectivity index (χ0n) is 6.73. The fourth-order valence-electron chi connectivity index (χ4n) is 1.34. The second-order valence-electron chi connectivity index (χ2n) is 3.69. The van der Waals surface area contributed by atoms with Gasteiger partial charge in [-0.1, -0.05) is 14.0 Å². The molecular formula is C9H19FN+. The van der Waals surface area contributed by atoms with E-state index in [1.807, 2.05) is 0 Å². The van der Waals surface area contributed by atoms with Gasteiger partial charge in [0.05, 0.1) is 20.1 Å². The van der Waals surface area contributed by atoms with Crippen LogP contribution < -0.4 is 0 Å². The van der Waals surface area contributed by atoms with E-state index < -0.39 is 0 Å². The summed E-state index contributed by atoms with van der Waals surface area (Å²) in [4.78, 5) is 0. The molecule has 1 rings (SSSR count).